The summed E-state index contributed by atoms with van der Waals surface area (Å²) in [6.45, 7) is 5.00. The molecule has 0 aliphatic rings. The van der Waals surface area contributed by atoms with E-state index in [4.69, 9.17) is 0 Å². The summed E-state index contributed by atoms with van der Waals surface area (Å²) in [5.74, 6) is -0.278. The number of carbonyl (C=O) groups excluding carboxylic acids is 4. The molecular weight excluding hydrogens is 610 g/mol. The first-order chi connectivity index (χ1) is 23.9. The lowest BCUT2D eigenvalue weighted by molar-refractivity contribution is -0.121. The minimum atomic E-state index is -0.168. The summed E-state index contributed by atoms with van der Waals surface area (Å²) in [7, 11) is 1.76. The third kappa shape index (κ3) is 18.2. The molecular formula is C42H59N3O4. The summed E-state index contributed by atoms with van der Waals surface area (Å²) in [6, 6.07) is 22.3. The van der Waals surface area contributed by atoms with Crippen LogP contribution < -0.4 is 16.0 Å². The van der Waals surface area contributed by atoms with Gasteiger partial charge in [-0.3, -0.25) is 14.4 Å². The molecule has 0 spiro atoms. The number of nitrogens with one attached hydrogen (secondary N) is 3. The molecule has 0 aliphatic carbocycles. The first-order valence-electron chi connectivity index (χ1n) is 18.3. The number of hydrogen-bond acceptors (Lipinski definition) is 5. The lowest BCUT2D eigenvalue weighted by Gasteiger charge is -2.12. The van der Waals surface area contributed by atoms with Gasteiger partial charge in [-0.25, -0.2) is 0 Å². The van der Waals surface area contributed by atoms with Gasteiger partial charge in [0.05, 0.1) is 0 Å². The van der Waals surface area contributed by atoms with Gasteiger partial charge in [0, 0.05) is 55.4 Å². The third-order valence-electron chi connectivity index (χ3n) is 8.45. The SMILES string of the molecule is CCCCCCCCCCCCCCNC(=O)CCCC(=O)Nc1ccc(NC)c(C(=O)c2ccccc2)c1.Cc1ccc(CC=O)cc1. The second-order valence-electron chi connectivity index (χ2n) is 12.7. The standard InChI is InChI=1S/C33H49N3O3.C9H10O/c1-3-4-5-6-7-8-9-10-11-12-13-17-25-35-31(37)21-18-22-32(38)36-28-23-24-30(34-2)29(26-28)33(39)27-19-15-14-16-20-27;1-8-2-4-9(5-3-8)6-7-10/h14-16,19-20,23-24,26,34H,3-13,17-18,21-22,25H2,1-2H3,(H,35,37)(H,36,38);2-5,7H,6H2,1H3. The van der Waals surface area contributed by atoms with Gasteiger partial charge in [0.25, 0.3) is 0 Å². The molecule has 0 unspecified atom stereocenters. The number of hydrogen-bond donors (Lipinski definition) is 3. The van der Waals surface area contributed by atoms with Gasteiger partial charge >= 0.3 is 0 Å². The van der Waals surface area contributed by atoms with Gasteiger partial charge in [-0.2, -0.15) is 0 Å². The number of benzene rings is 3. The molecule has 0 heterocycles. The van der Waals surface area contributed by atoms with Gasteiger partial charge < -0.3 is 20.7 Å². The molecule has 0 aromatic heterocycles. The number of ketones is 1. The molecule has 2 amide bonds. The Morgan fingerprint density at radius 3 is 1.86 bits per heavy atom. The van der Waals surface area contributed by atoms with Crippen molar-refractivity contribution in [1.29, 1.82) is 0 Å². The molecule has 3 rings (SSSR count). The van der Waals surface area contributed by atoms with Crippen molar-refractivity contribution in [3.8, 4) is 0 Å². The highest BCUT2D eigenvalue weighted by molar-refractivity contribution is 6.13. The van der Waals surface area contributed by atoms with E-state index in [0.717, 1.165) is 24.7 Å². The molecule has 0 aliphatic heterocycles. The number of aldehydes is 1. The maximum absolute atomic E-state index is 12.9. The van der Waals surface area contributed by atoms with Crippen LogP contribution in [-0.4, -0.2) is 37.5 Å². The highest BCUT2D eigenvalue weighted by Gasteiger charge is 2.15. The lowest BCUT2D eigenvalue weighted by Crippen LogP contribution is -2.24. The van der Waals surface area contributed by atoms with Gasteiger partial charge in [-0.05, 0) is 43.5 Å². The summed E-state index contributed by atoms with van der Waals surface area (Å²) in [5.41, 5.74) is 4.67. The van der Waals surface area contributed by atoms with Crippen LogP contribution in [0.3, 0.4) is 0 Å². The van der Waals surface area contributed by atoms with Crippen LogP contribution in [0.2, 0.25) is 0 Å². The molecule has 0 fully saturated rings. The number of anilines is 2. The number of carbonyl (C=O) groups is 4. The fourth-order valence-electron chi connectivity index (χ4n) is 5.51. The lowest BCUT2D eigenvalue weighted by atomic mass is 10.0. The summed E-state index contributed by atoms with van der Waals surface area (Å²) in [4.78, 5) is 47.6. The highest BCUT2D eigenvalue weighted by Crippen LogP contribution is 2.24. The van der Waals surface area contributed by atoms with Gasteiger partial charge in [-0.1, -0.05) is 138 Å². The summed E-state index contributed by atoms with van der Waals surface area (Å²) >= 11 is 0. The molecule has 3 N–H and O–H groups in total. The van der Waals surface area contributed by atoms with E-state index in [9.17, 15) is 19.2 Å². The molecule has 0 atom stereocenters. The first kappa shape index (κ1) is 40.9. The molecule has 7 heteroatoms. The Balaban J connectivity index is 0.000000709. The van der Waals surface area contributed by atoms with E-state index in [1.807, 2.05) is 49.4 Å². The van der Waals surface area contributed by atoms with Crippen LogP contribution in [0.1, 0.15) is 130 Å². The zero-order valence-corrected chi connectivity index (χ0v) is 30.2. The fourth-order valence-corrected chi connectivity index (χ4v) is 5.51. The van der Waals surface area contributed by atoms with E-state index in [1.165, 1.54) is 69.8 Å². The van der Waals surface area contributed by atoms with Gasteiger partial charge in [0.2, 0.25) is 11.8 Å². The van der Waals surface area contributed by atoms with E-state index in [1.54, 1.807) is 37.4 Å². The van der Waals surface area contributed by atoms with Crippen molar-refractivity contribution in [2.75, 3.05) is 24.2 Å². The van der Waals surface area contributed by atoms with Crippen molar-refractivity contribution in [2.45, 2.75) is 117 Å². The predicted octanol–water partition coefficient (Wildman–Crippen LogP) is 9.62. The fraction of sp³-hybridized carbons (Fsp3) is 0.476. The molecule has 0 radical (unpaired) electrons. The Kier molecular flexibility index (Phi) is 21.5. The van der Waals surface area contributed by atoms with Gasteiger partial charge in [-0.15, -0.1) is 0 Å². The van der Waals surface area contributed by atoms with E-state index >= 15 is 0 Å². The number of amides is 2. The number of unbranched alkanes of at least 4 members (excludes halogenated alkanes) is 11. The second kappa shape index (κ2) is 25.7. The molecule has 0 saturated carbocycles. The van der Waals surface area contributed by atoms with E-state index < -0.39 is 0 Å². The van der Waals surface area contributed by atoms with Crippen LogP contribution in [0.25, 0.3) is 0 Å². The maximum atomic E-state index is 12.9. The van der Waals surface area contributed by atoms with Crippen molar-refractivity contribution in [3.05, 3.63) is 95.1 Å². The van der Waals surface area contributed by atoms with Crippen LogP contribution in [0, 0.1) is 6.92 Å². The zero-order valence-electron chi connectivity index (χ0n) is 30.2. The monoisotopic (exact) mass is 669 g/mol. The summed E-state index contributed by atoms with van der Waals surface area (Å²) < 4.78 is 0. The Labute approximate surface area is 295 Å². The van der Waals surface area contributed by atoms with Crippen molar-refractivity contribution < 1.29 is 19.2 Å². The van der Waals surface area contributed by atoms with Gasteiger partial charge in [0.15, 0.2) is 5.78 Å². The van der Waals surface area contributed by atoms with Crippen molar-refractivity contribution in [2.24, 2.45) is 0 Å². The maximum Gasteiger partial charge on any atom is 0.224 e. The molecule has 3 aromatic rings. The minimum Gasteiger partial charge on any atom is -0.388 e. The normalized spacial score (nSPS) is 10.4. The zero-order chi connectivity index (χ0) is 35.5. The third-order valence-corrected chi connectivity index (χ3v) is 8.45. The highest BCUT2D eigenvalue weighted by atomic mass is 16.2. The topological polar surface area (TPSA) is 104 Å². The molecule has 0 bridgehead atoms. The van der Waals surface area contributed by atoms with Gasteiger partial charge in [0.1, 0.15) is 6.29 Å². The largest absolute Gasteiger partial charge is 0.388 e. The van der Waals surface area contributed by atoms with Crippen LogP contribution in [0.5, 0.6) is 0 Å². The molecule has 3 aromatic carbocycles. The van der Waals surface area contributed by atoms with E-state index in [-0.39, 0.29) is 24.0 Å². The van der Waals surface area contributed by atoms with Crippen LogP contribution in [0.15, 0.2) is 72.8 Å². The second-order valence-corrected chi connectivity index (χ2v) is 12.7. The molecule has 49 heavy (non-hydrogen) atoms. The van der Waals surface area contributed by atoms with E-state index in [2.05, 4.69) is 22.9 Å². The average Bonchev–Trinajstić information content (AvgIpc) is 3.11. The van der Waals surface area contributed by atoms with Crippen molar-refractivity contribution in [1.82, 2.24) is 5.32 Å². The molecule has 266 valence electrons. The molecule has 0 saturated heterocycles. The Morgan fingerprint density at radius 2 is 1.27 bits per heavy atom. The van der Waals surface area contributed by atoms with Crippen LogP contribution >= 0.6 is 0 Å². The van der Waals surface area contributed by atoms with Crippen molar-refractivity contribution >= 4 is 35.3 Å². The predicted molar refractivity (Wildman–Crippen MR) is 203 cm³/mol. The first-order valence-corrected chi connectivity index (χ1v) is 18.3. The summed E-state index contributed by atoms with van der Waals surface area (Å²) in [5, 5.41) is 8.87. The number of rotatable bonds is 23. The van der Waals surface area contributed by atoms with Crippen LogP contribution in [-0.2, 0) is 20.8 Å². The van der Waals surface area contributed by atoms with E-state index in [0.29, 0.717) is 48.3 Å². The smallest absolute Gasteiger partial charge is 0.224 e. The Bertz CT molecular complexity index is 1370. The quantitative estimate of drug-likeness (QED) is 0.0530. The Morgan fingerprint density at radius 1 is 0.673 bits per heavy atom. The Hall–Kier alpha value is -4.26. The minimum absolute atomic E-state index is 0.00000913. The summed E-state index contributed by atoms with van der Waals surface area (Å²) in [6.07, 6.45) is 18.1. The van der Waals surface area contributed by atoms with Crippen LogP contribution in [0.4, 0.5) is 11.4 Å². The van der Waals surface area contributed by atoms with Crippen molar-refractivity contribution in [3.63, 3.8) is 0 Å². The average molecular weight is 670 g/mol. The molecule has 7 nitrogen and oxygen atoms in total. The number of aryl methyl sites for hydroxylation is 1.